The number of rotatable bonds is 7. The highest BCUT2D eigenvalue weighted by Crippen LogP contribution is 2.28. The highest BCUT2D eigenvalue weighted by molar-refractivity contribution is 5.80. The molecule has 7 heteroatoms. The fourth-order valence-corrected chi connectivity index (χ4v) is 1.53. The highest BCUT2D eigenvalue weighted by Gasteiger charge is 2.19. The van der Waals surface area contributed by atoms with Gasteiger partial charge in [-0.05, 0) is 25.1 Å². The Hall–Kier alpha value is -2.15. The van der Waals surface area contributed by atoms with Crippen LogP contribution in [0.5, 0.6) is 5.75 Å². The summed E-state index contributed by atoms with van der Waals surface area (Å²) in [6, 6.07) is 4.06. The minimum absolute atomic E-state index is 0.0574. The number of nitro benzene ring substituents is 1. The standard InChI is InChI=1S/C12H17N3O4/c1-3-8-4-5-11(10(6-8)15(17)18)19-7-9(14-2)12(13)16/h4-6,9,14H,3,7H2,1-2H3,(H2,13,16). The lowest BCUT2D eigenvalue weighted by Crippen LogP contribution is -2.43. The number of hydrogen-bond donors (Lipinski definition) is 2. The van der Waals surface area contributed by atoms with E-state index in [1.807, 2.05) is 6.92 Å². The number of nitrogens with two attached hydrogens (primary N) is 1. The SMILES string of the molecule is CCc1ccc(OCC(NC)C(N)=O)c([N+](=O)[O-])c1. The van der Waals surface area contributed by atoms with Crippen LogP contribution in [-0.2, 0) is 11.2 Å². The molecule has 0 saturated carbocycles. The van der Waals surface area contributed by atoms with E-state index in [-0.39, 0.29) is 18.0 Å². The number of aryl methyl sites for hydroxylation is 1. The summed E-state index contributed by atoms with van der Waals surface area (Å²) in [7, 11) is 1.56. The fraction of sp³-hybridized carbons (Fsp3) is 0.417. The van der Waals surface area contributed by atoms with Crippen molar-refractivity contribution in [3.63, 3.8) is 0 Å². The van der Waals surface area contributed by atoms with E-state index in [1.165, 1.54) is 12.1 Å². The van der Waals surface area contributed by atoms with E-state index in [0.29, 0.717) is 6.42 Å². The zero-order chi connectivity index (χ0) is 14.4. The van der Waals surface area contributed by atoms with Crippen LogP contribution in [-0.4, -0.2) is 30.5 Å². The Kier molecular flexibility index (Phi) is 5.25. The second-order valence-corrected chi connectivity index (χ2v) is 3.97. The van der Waals surface area contributed by atoms with Gasteiger partial charge in [0.05, 0.1) is 4.92 Å². The second-order valence-electron chi connectivity index (χ2n) is 3.97. The maximum absolute atomic E-state index is 11.0. The number of nitro groups is 1. The van der Waals surface area contributed by atoms with E-state index >= 15 is 0 Å². The molecule has 0 heterocycles. The molecule has 0 aliphatic carbocycles. The number of likely N-dealkylation sites (N-methyl/N-ethyl adjacent to an activating group) is 1. The average Bonchev–Trinajstić information content (AvgIpc) is 2.38. The van der Waals surface area contributed by atoms with Gasteiger partial charge in [-0.3, -0.25) is 14.9 Å². The first-order chi connectivity index (χ1) is 8.99. The van der Waals surface area contributed by atoms with Gasteiger partial charge in [0.1, 0.15) is 12.6 Å². The first-order valence-corrected chi connectivity index (χ1v) is 5.86. The number of benzene rings is 1. The Morgan fingerprint density at radius 3 is 2.74 bits per heavy atom. The predicted molar refractivity (Wildman–Crippen MR) is 70.0 cm³/mol. The zero-order valence-corrected chi connectivity index (χ0v) is 10.9. The Morgan fingerprint density at radius 2 is 2.26 bits per heavy atom. The van der Waals surface area contributed by atoms with Crippen molar-refractivity contribution >= 4 is 11.6 Å². The van der Waals surface area contributed by atoms with Crippen molar-refractivity contribution in [1.82, 2.24) is 5.32 Å². The molecule has 1 aromatic carbocycles. The summed E-state index contributed by atoms with van der Waals surface area (Å²) in [5, 5.41) is 13.6. The maximum atomic E-state index is 11.0. The Morgan fingerprint density at radius 1 is 1.58 bits per heavy atom. The van der Waals surface area contributed by atoms with Crippen LogP contribution < -0.4 is 15.8 Å². The van der Waals surface area contributed by atoms with Crippen molar-refractivity contribution in [2.45, 2.75) is 19.4 Å². The van der Waals surface area contributed by atoms with E-state index in [2.05, 4.69) is 5.32 Å². The molecule has 0 aromatic heterocycles. The van der Waals surface area contributed by atoms with E-state index in [9.17, 15) is 14.9 Å². The van der Waals surface area contributed by atoms with Crippen LogP contribution in [0.25, 0.3) is 0 Å². The van der Waals surface area contributed by atoms with Gasteiger partial charge in [-0.15, -0.1) is 0 Å². The molecular formula is C12H17N3O4. The number of nitrogens with one attached hydrogen (secondary N) is 1. The topological polar surface area (TPSA) is 107 Å². The highest BCUT2D eigenvalue weighted by atomic mass is 16.6. The van der Waals surface area contributed by atoms with Gasteiger partial charge in [0, 0.05) is 6.07 Å². The van der Waals surface area contributed by atoms with Crippen LogP contribution in [0.3, 0.4) is 0 Å². The van der Waals surface area contributed by atoms with Crippen LogP contribution >= 0.6 is 0 Å². The molecule has 104 valence electrons. The molecule has 19 heavy (non-hydrogen) atoms. The molecule has 7 nitrogen and oxygen atoms in total. The summed E-state index contributed by atoms with van der Waals surface area (Å²) in [6.45, 7) is 1.85. The van der Waals surface area contributed by atoms with Crippen LogP contribution in [0.4, 0.5) is 5.69 Å². The summed E-state index contributed by atoms with van der Waals surface area (Å²) in [5.74, 6) is -0.445. The van der Waals surface area contributed by atoms with Crippen molar-refractivity contribution in [1.29, 1.82) is 0 Å². The maximum Gasteiger partial charge on any atom is 0.311 e. The minimum Gasteiger partial charge on any atom is -0.485 e. The van der Waals surface area contributed by atoms with Crippen molar-refractivity contribution in [3.8, 4) is 5.75 Å². The van der Waals surface area contributed by atoms with Gasteiger partial charge in [-0.1, -0.05) is 13.0 Å². The normalized spacial score (nSPS) is 11.9. The van der Waals surface area contributed by atoms with Gasteiger partial charge in [0.25, 0.3) is 0 Å². The third-order valence-electron chi connectivity index (χ3n) is 2.73. The molecule has 1 unspecified atom stereocenters. The molecule has 0 saturated heterocycles. The van der Waals surface area contributed by atoms with E-state index in [0.717, 1.165) is 5.56 Å². The van der Waals surface area contributed by atoms with Gasteiger partial charge >= 0.3 is 5.69 Å². The van der Waals surface area contributed by atoms with Gasteiger partial charge < -0.3 is 15.8 Å². The van der Waals surface area contributed by atoms with Crippen molar-refractivity contribution in [2.24, 2.45) is 5.73 Å². The lowest BCUT2D eigenvalue weighted by Gasteiger charge is -2.13. The van der Waals surface area contributed by atoms with Crippen LogP contribution in [0.1, 0.15) is 12.5 Å². The zero-order valence-electron chi connectivity index (χ0n) is 10.9. The molecule has 3 N–H and O–H groups in total. The molecule has 1 amide bonds. The fourth-order valence-electron chi connectivity index (χ4n) is 1.53. The second kappa shape index (κ2) is 6.69. The smallest absolute Gasteiger partial charge is 0.311 e. The molecule has 0 bridgehead atoms. The van der Waals surface area contributed by atoms with Gasteiger partial charge in [-0.2, -0.15) is 0 Å². The van der Waals surface area contributed by atoms with Crippen LogP contribution in [0, 0.1) is 10.1 Å². The minimum atomic E-state index is -0.689. The van der Waals surface area contributed by atoms with Gasteiger partial charge in [0.15, 0.2) is 5.75 Å². The Bertz CT molecular complexity index is 476. The first kappa shape index (κ1) is 14.9. The monoisotopic (exact) mass is 267 g/mol. The number of nitrogens with zero attached hydrogens (tertiary/aromatic N) is 1. The summed E-state index contributed by atoms with van der Waals surface area (Å²) in [6.07, 6.45) is 0.696. The van der Waals surface area contributed by atoms with E-state index in [1.54, 1.807) is 13.1 Å². The Balaban J connectivity index is 2.88. The van der Waals surface area contributed by atoms with Gasteiger partial charge in [-0.25, -0.2) is 0 Å². The molecule has 0 radical (unpaired) electrons. The van der Waals surface area contributed by atoms with Crippen LogP contribution in [0.15, 0.2) is 18.2 Å². The lowest BCUT2D eigenvalue weighted by molar-refractivity contribution is -0.385. The summed E-state index contributed by atoms with van der Waals surface area (Å²) < 4.78 is 5.31. The average molecular weight is 267 g/mol. The lowest BCUT2D eigenvalue weighted by atomic mass is 10.1. The predicted octanol–water partition coefficient (Wildman–Crippen LogP) is 0.609. The summed E-state index contributed by atoms with van der Waals surface area (Å²) >= 11 is 0. The quantitative estimate of drug-likeness (QED) is 0.556. The molecule has 1 aromatic rings. The number of ether oxygens (including phenoxy) is 1. The number of carbonyl (C=O) groups is 1. The molecule has 0 spiro atoms. The largest absolute Gasteiger partial charge is 0.485 e. The summed E-state index contributed by atoms with van der Waals surface area (Å²) in [4.78, 5) is 21.5. The van der Waals surface area contributed by atoms with Crippen LogP contribution in [0.2, 0.25) is 0 Å². The molecule has 1 rings (SSSR count). The number of carbonyl (C=O) groups excluding carboxylic acids is 1. The molecule has 1 atom stereocenters. The van der Waals surface area contributed by atoms with Crippen molar-refractivity contribution in [3.05, 3.63) is 33.9 Å². The van der Waals surface area contributed by atoms with Crippen molar-refractivity contribution < 1.29 is 14.5 Å². The van der Waals surface area contributed by atoms with E-state index in [4.69, 9.17) is 10.5 Å². The first-order valence-electron chi connectivity index (χ1n) is 5.86. The third-order valence-corrected chi connectivity index (χ3v) is 2.73. The third kappa shape index (κ3) is 3.92. The van der Waals surface area contributed by atoms with Crippen molar-refractivity contribution in [2.75, 3.05) is 13.7 Å². The molecule has 0 fully saturated rings. The molecule has 0 aliphatic heterocycles. The molecular weight excluding hydrogens is 250 g/mol. The number of hydrogen-bond acceptors (Lipinski definition) is 5. The Labute approximate surface area is 110 Å². The number of amides is 1. The summed E-state index contributed by atoms with van der Waals surface area (Å²) in [5.41, 5.74) is 5.87. The van der Waals surface area contributed by atoms with Gasteiger partial charge in [0.2, 0.25) is 5.91 Å². The number of primary amides is 1. The molecule has 0 aliphatic rings. The van der Waals surface area contributed by atoms with E-state index < -0.39 is 16.9 Å².